The Hall–Kier alpha value is -3.79. The summed E-state index contributed by atoms with van der Waals surface area (Å²) in [4.78, 5) is 41.6. The molecule has 0 aliphatic carbocycles. The first kappa shape index (κ1) is 23.9. The van der Waals surface area contributed by atoms with Crippen molar-refractivity contribution in [1.82, 2.24) is 10.2 Å². The minimum Gasteiger partial charge on any atom is -0.494 e. The average Bonchev–Trinajstić information content (AvgIpc) is 3.59. The van der Waals surface area contributed by atoms with Crippen LogP contribution in [0, 0.1) is 12.8 Å². The highest BCUT2D eigenvalue weighted by Crippen LogP contribution is 2.35. The third-order valence-corrected chi connectivity index (χ3v) is 7.51. The molecular formula is C26H27N5O4S. The summed E-state index contributed by atoms with van der Waals surface area (Å²) in [6.45, 7) is 5.29. The number of para-hydroxylation sites is 1. The SMILES string of the molecule is CCOc1ccc(N2CC(C(=O)Nc3nnc(C4CC(=O)N(c5ccccc5C)C4)s3)CC2=O)cc1. The van der Waals surface area contributed by atoms with Crippen LogP contribution < -0.4 is 19.9 Å². The summed E-state index contributed by atoms with van der Waals surface area (Å²) in [5, 5.41) is 12.3. The molecule has 3 aromatic rings. The molecule has 0 radical (unpaired) electrons. The summed E-state index contributed by atoms with van der Waals surface area (Å²) in [5.74, 6) is -0.139. The zero-order valence-electron chi connectivity index (χ0n) is 20.1. The lowest BCUT2D eigenvalue weighted by molar-refractivity contribution is -0.122. The summed E-state index contributed by atoms with van der Waals surface area (Å²) >= 11 is 1.28. The first-order valence-electron chi connectivity index (χ1n) is 12.0. The molecule has 2 aliphatic rings. The number of nitrogens with one attached hydrogen (secondary N) is 1. The van der Waals surface area contributed by atoms with Crippen molar-refractivity contribution < 1.29 is 19.1 Å². The number of amides is 3. The number of carbonyl (C=O) groups excluding carboxylic acids is 3. The van der Waals surface area contributed by atoms with Gasteiger partial charge in [0.15, 0.2) is 0 Å². The van der Waals surface area contributed by atoms with Crippen molar-refractivity contribution >= 4 is 45.6 Å². The molecule has 2 unspecified atom stereocenters. The van der Waals surface area contributed by atoms with E-state index in [0.29, 0.717) is 36.3 Å². The fourth-order valence-corrected chi connectivity index (χ4v) is 5.49. The fourth-order valence-electron chi connectivity index (χ4n) is 4.65. The van der Waals surface area contributed by atoms with E-state index in [2.05, 4.69) is 15.5 Å². The molecule has 186 valence electrons. The highest BCUT2D eigenvalue weighted by Gasteiger charge is 2.37. The Kier molecular flexibility index (Phi) is 6.69. The van der Waals surface area contributed by atoms with E-state index < -0.39 is 5.92 Å². The lowest BCUT2D eigenvalue weighted by Gasteiger charge is -2.18. The van der Waals surface area contributed by atoms with Gasteiger partial charge in [-0.2, -0.15) is 0 Å². The standard InChI is InChI=1S/C26H27N5O4S/c1-3-35-20-10-8-19(9-11-20)30-14-17(12-22(30)32)24(34)27-26-29-28-25(36-26)18-13-23(33)31(15-18)21-7-5-4-6-16(21)2/h4-11,17-18H,3,12-15H2,1-2H3,(H,27,29,34). The molecule has 0 saturated carbocycles. The third-order valence-electron chi connectivity index (χ3n) is 6.51. The van der Waals surface area contributed by atoms with Crippen molar-refractivity contribution in [1.29, 1.82) is 0 Å². The molecule has 0 spiro atoms. The van der Waals surface area contributed by atoms with Crippen molar-refractivity contribution in [2.24, 2.45) is 5.92 Å². The highest BCUT2D eigenvalue weighted by atomic mass is 32.1. The second kappa shape index (κ2) is 10.1. The largest absolute Gasteiger partial charge is 0.494 e. The van der Waals surface area contributed by atoms with Crippen LogP contribution in [0.15, 0.2) is 48.5 Å². The van der Waals surface area contributed by atoms with Gasteiger partial charge in [-0.05, 0) is 49.7 Å². The number of nitrogens with zero attached hydrogens (tertiary/aromatic N) is 4. The van der Waals surface area contributed by atoms with Crippen LogP contribution in [-0.2, 0) is 14.4 Å². The number of aromatic nitrogens is 2. The van der Waals surface area contributed by atoms with Gasteiger partial charge in [-0.25, -0.2) is 0 Å². The molecule has 5 rings (SSSR count). The Bertz CT molecular complexity index is 1290. The maximum Gasteiger partial charge on any atom is 0.231 e. The summed E-state index contributed by atoms with van der Waals surface area (Å²) in [7, 11) is 0. The van der Waals surface area contributed by atoms with Crippen LogP contribution in [0.1, 0.15) is 36.3 Å². The molecule has 3 heterocycles. The Morgan fingerprint density at radius 2 is 1.78 bits per heavy atom. The van der Waals surface area contributed by atoms with E-state index in [4.69, 9.17) is 4.74 Å². The molecule has 2 atom stereocenters. The normalized spacial score (nSPS) is 19.7. The predicted octanol–water partition coefficient (Wildman–Crippen LogP) is 3.76. The molecule has 9 nitrogen and oxygen atoms in total. The van der Waals surface area contributed by atoms with Crippen LogP contribution in [0.2, 0.25) is 0 Å². The molecule has 36 heavy (non-hydrogen) atoms. The minimum absolute atomic E-state index is 0.0499. The second-order valence-electron chi connectivity index (χ2n) is 8.96. The maximum atomic E-state index is 12.9. The number of anilines is 3. The van der Waals surface area contributed by atoms with Crippen molar-refractivity contribution in [2.45, 2.75) is 32.6 Å². The zero-order chi connectivity index (χ0) is 25.2. The molecule has 2 aliphatic heterocycles. The van der Waals surface area contributed by atoms with Crippen molar-refractivity contribution in [3.63, 3.8) is 0 Å². The summed E-state index contributed by atoms with van der Waals surface area (Å²) in [6.07, 6.45) is 0.484. The van der Waals surface area contributed by atoms with E-state index >= 15 is 0 Å². The van der Waals surface area contributed by atoms with E-state index in [0.717, 1.165) is 22.7 Å². The van der Waals surface area contributed by atoms with Gasteiger partial charge in [-0.15, -0.1) is 10.2 Å². The highest BCUT2D eigenvalue weighted by molar-refractivity contribution is 7.15. The number of hydrogen-bond donors (Lipinski definition) is 1. The van der Waals surface area contributed by atoms with Gasteiger partial charge in [-0.1, -0.05) is 29.5 Å². The van der Waals surface area contributed by atoms with Crippen LogP contribution >= 0.6 is 11.3 Å². The van der Waals surface area contributed by atoms with Gasteiger partial charge in [0.25, 0.3) is 0 Å². The monoisotopic (exact) mass is 505 g/mol. The first-order chi connectivity index (χ1) is 17.4. The van der Waals surface area contributed by atoms with E-state index in [-0.39, 0.29) is 30.1 Å². The van der Waals surface area contributed by atoms with Crippen LogP contribution in [0.3, 0.4) is 0 Å². The lowest BCUT2D eigenvalue weighted by Crippen LogP contribution is -2.28. The molecule has 2 fully saturated rings. The van der Waals surface area contributed by atoms with Crippen LogP contribution in [0.4, 0.5) is 16.5 Å². The Morgan fingerprint density at radius 3 is 2.53 bits per heavy atom. The number of aryl methyl sites for hydroxylation is 1. The van der Waals surface area contributed by atoms with E-state index in [1.54, 1.807) is 9.80 Å². The molecule has 2 saturated heterocycles. The lowest BCUT2D eigenvalue weighted by atomic mass is 10.1. The van der Waals surface area contributed by atoms with Gasteiger partial charge >= 0.3 is 0 Å². The van der Waals surface area contributed by atoms with E-state index in [1.807, 2.05) is 62.4 Å². The number of benzene rings is 2. The minimum atomic E-state index is -0.485. The van der Waals surface area contributed by atoms with Gasteiger partial charge < -0.3 is 19.9 Å². The van der Waals surface area contributed by atoms with Crippen LogP contribution in [0.5, 0.6) is 5.75 Å². The summed E-state index contributed by atoms with van der Waals surface area (Å²) in [6, 6.07) is 15.1. The topological polar surface area (TPSA) is 105 Å². The van der Waals surface area contributed by atoms with Crippen molar-refractivity contribution in [2.75, 3.05) is 34.8 Å². The number of ether oxygens (including phenoxy) is 1. The molecule has 10 heteroatoms. The van der Waals surface area contributed by atoms with E-state index in [1.165, 1.54) is 11.3 Å². The zero-order valence-corrected chi connectivity index (χ0v) is 21.0. The predicted molar refractivity (Wildman–Crippen MR) is 137 cm³/mol. The molecular weight excluding hydrogens is 478 g/mol. The average molecular weight is 506 g/mol. The number of hydrogen-bond acceptors (Lipinski definition) is 7. The molecule has 3 amide bonds. The Balaban J connectivity index is 1.20. The van der Waals surface area contributed by atoms with Gasteiger partial charge in [0, 0.05) is 43.2 Å². The Morgan fingerprint density at radius 1 is 1.03 bits per heavy atom. The van der Waals surface area contributed by atoms with Gasteiger partial charge in [0.1, 0.15) is 10.8 Å². The third kappa shape index (κ3) is 4.81. The fraction of sp³-hybridized carbons (Fsp3) is 0.346. The van der Waals surface area contributed by atoms with Crippen molar-refractivity contribution in [3.8, 4) is 5.75 Å². The van der Waals surface area contributed by atoms with E-state index in [9.17, 15) is 14.4 Å². The smallest absolute Gasteiger partial charge is 0.231 e. The summed E-state index contributed by atoms with van der Waals surface area (Å²) < 4.78 is 5.45. The maximum absolute atomic E-state index is 12.9. The molecule has 1 aromatic heterocycles. The van der Waals surface area contributed by atoms with Gasteiger partial charge in [0.2, 0.25) is 22.9 Å². The van der Waals surface area contributed by atoms with Crippen LogP contribution in [-0.4, -0.2) is 47.6 Å². The number of carbonyl (C=O) groups is 3. The molecule has 0 bridgehead atoms. The van der Waals surface area contributed by atoms with Crippen LogP contribution in [0.25, 0.3) is 0 Å². The molecule has 2 aromatic carbocycles. The van der Waals surface area contributed by atoms with Gasteiger partial charge in [-0.3, -0.25) is 14.4 Å². The second-order valence-corrected chi connectivity index (χ2v) is 9.97. The first-order valence-corrected chi connectivity index (χ1v) is 12.8. The Labute approximate surface area is 213 Å². The number of rotatable bonds is 7. The quantitative estimate of drug-likeness (QED) is 0.524. The molecule has 1 N–H and O–H groups in total. The van der Waals surface area contributed by atoms with Gasteiger partial charge in [0.05, 0.1) is 12.5 Å². The summed E-state index contributed by atoms with van der Waals surface area (Å²) in [5.41, 5.74) is 2.69. The van der Waals surface area contributed by atoms with Crippen molar-refractivity contribution in [3.05, 3.63) is 59.1 Å².